The number of anilines is 1. The number of hydrogen-bond donors (Lipinski definition) is 1. The topological polar surface area (TPSA) is 28.2 Å². The first-order valence-electron chi connectivity index (χ1n) is 7.08. The summed E-state index contributed by atoms with van der Waals surface area (Å²) in [6.07, 6.45) is -3.37. The minimum absolute atomic E-state index is 0.0208. The first-order valence-corrected chi connectivity index (χ1v) is 7.46. The normalized spacial score (nSPS) is 20.5. The fourth-order valence-corrected chi connectivity index (χ4v) is 2.72. The second kappa shape index (κ2) is 6.83. The van der Waals surface area contributed by atoms with Crippen LogP contribution in [0.1, 0.15) is 25.5 Å². The molecule has 3 nitrogen and oxygen atoms in total. The van der Waals surface area contributed by atoms with E-state index in [1.165, 1.54) is 0 Å². The van der Waals surface area contributed by atoms with Gasteiger partial charge in [0.25, 0.3) is 0 Å². The highest BCUT2D eigenvalue weighted by Crippen LogP contribution is 2.33. The van der Waals surface area contributed by atoms with Crippen molar-refractivity contribution in [2.24, 2.45) is 5.92 Å². The van der Waals surface area contributed by atoms with Crippen LogP contribution < -0.4 is 5.32 Å². The summed E-state index contributed by atoms with van der Waals surface area (Å²) in [7, 11) is 0. The zero-order valence-corrected chi connectivity index (χ0v) is 12.6. The molecule has 0 saturated carbocycles. The van der Waals surface area contributed by atoms with Crippen molar-refractivity contribution in [2.45, 2.75) is 32.5 Å². The molecule has 0 aromatic carbocycles. The van der Waals surface area contributed by atoms with Gasteiger partial charge in [-0.05, 0) is 38.4 Å². The molecule has 0 spiro atoms. The van der Waals surface area contributed by atoms with Gasteiger partial charge in [-0.2, -0.15) is 13.2 Å². The number of alkyl halides is 3. The zero-order chi connectivity index (χ0) is 15.5. The smallest absolute Gasteiger partial charge is 0.370 e. The van der Waals surface area contributed by atoms with E-state index in [1.54, 1.807) is 17.0 Å². The van der Waals surface area contributed by atoms with Crippen molar-refractivity contribution >= 4 is 17.4 Å². The summed E-state index contributed by atoms with van der Waals surface area (Å²) >= 11 is 6.10. The molecule has 1 saturated heterocycles. The molecule has 1 N–H and O–H groups in total. The number of aromatic nitrogens is 1. The van der Waals surface area contributed by atoms with Crippen LogP contribution >= 0.6 is 11.6 Å². The number of nitrogens with one attached hydrogen (secondary N) is 1. The number of piperidine rings is 1. The Labute approximate surface area is 127 Å². The van der Waals surface area contributed by atoms with E-state index < -0.39 is 12.1 Å². The van der Waals surface area contributed by atoms with Crippen molar-refractivity contribution < 1.29 is 13.2 Å². The van der Waals surface area contributed by atoms with Gasteiger partial charge in [0.15, 0.2) is 0 Å². The maximum absolute atomic E-state index is 12.8. The van der Waals surface area contributed by atoms with Crippen LogP contribution in [0, 0.1) is 5.92 Å². The highest BCUT2D eigenvalue weighted by Gasteiger charge is 2.41. The van der Waals surface area contributed by atoms with Crippen LogP contribution in [0.2, 0.25) is 5.02 Å². The molecule has 1 unspecified atom stereocenters. The molecule has 1 aromatic heterocycles. The highest BCUT2D eigenvalue weighted by atomic mass is 35.5. The molecule has 0 aliphatic carbocycles. The van der Waals surface area contributed by atoms with Crippen LogP contribution in [0.15, 0.2) is 12.1 Å². The molecular formula is C14H19ClF3N3. The number of nitrogens with zero attached hydrogens (tertiary/aromatic N) is 2. The third-order valence-corrected chi connectivity index (χ3v) is 3.96. The van der Waals surface area contributed by atoms with Crippen molar-refractivity contribution in [1.82, 2.24) is 9.88 Å². The Morgan fingerprint density at radius 1 is 1.43 bits per heavy atom. The Morgan fingerprint density at radius 2 is 2.19 bits per heavy atom. The van der Waals surface area contributed by atoms with Gasteiger partial charge in [0, 0.05) is 19.6 Å². The van der Waals surface area contributed by atoms with Crippen LogP contribution in [0.3, 0.4) is 0 Å². The van der Waals surface area contributed by atoms with Gasteiger partial charge in [-0.15, -0.1) is 0 Å². The summed E-state index contributed by atoms with van der Waals surface area (Å²) in [5, 5.41) is 3.57. The third kappa shape index (κ3) is 4.48. The van der Waals surface area contributed by atoms with Crippen LogP contribution in [0.4, 0.5) is 19.0 Å². The first kappa shape index (κ1) is 16.4. The number of likely N-dealkylation sites (tertiary alicyclic amines) is 1. The van der Waals surface area contributed by atoms with Gasteiger partial charge >= 0.3 is 6.18 Å². The van der Waals surface area contributed by atoms with Gasteiger partial charge in [0.2, 0.25) is 0 Å². The van der Waals surface area contributed by atoms with Gasteiger partial charge in [0.05, 0.1) is 16.6 Å². The summed E-state index contributed by atoms with van der Waals surface area (Å²) in [5.41, 5.74) is 0.623. The number of rotatable bonds is 4. The average Bonchev–Trinajstić information content (AvgIpc) is 2.42. The lowest BCUT2D eigenvalue weighted by molar-refractivity contribution is -0.187. The number of hydrogen-bond acceptors (Lipinski definition) is 3. The first-order chi connectivity index (χ1) is 9.90. The molecule has 1 fully saturated rings. The lowest BCUT2D eigenvalue weighted by Crippen LogP contribution is -2.41. The van der Waals surface area contributed by atoms with Crippen LogP contribution in [-0.2, 0) is 6.54 Å². The van der Waals surface area contributed by atoms with Crippen molar-refractivity contribution in [3.05, 3.63) is 22.8 Å². The quantitative estimate of drug-likeness (QED) is 0.910. The molecule has 2 rings (SSSR count). The molecule has 0 radical (unpaired) electrons. The van der Waals surface area contributed by atoms with Gasteiger partial charge < -0.3 is 5.32 Å². The molecule has 2 heterocycles. The predicted molar refractivity (Wildman–Crippen MR) is 77.5 cm³/mol. The predicted octanol–water partition coefficient (Wildman–Crippen LogP) is 3.94. The second-order valence-electron chi connectivity index (χ2n) is 5.27. The number of pyridine rings is 1. The fourth-order valence-electron chi connectivity index (χ4n) is 2.55. The van der Waals surface area contributed by atoms with E-state index in [2.05, 4.69) is 10.3 Å². The Morgan fingerprint density at radius 3 is 2.86 bits per heavy atom. The van der Waals surface area contributed by atoms with Crippen LogP contribution in [0.5, 0.6) is 0 Å². The van der Waals surface area contributed by atoms with Gasteiger partial charge in [0.1, 0.15) is 5.82 Å². The molecule has 0 amide bonds. The van der Waals surface area contributed by atoms with E-state index in [0.717, 1.165) is 6.54 Å². The fraction of sp³-hybridized carbons (Fsp3) is 0.643. The van der Waals surface area contributed by atoms with Gasteiger partial charge in [-0.25, -0.2) is 4.98 Å². The van der Waals surface area contributed by atoms with Crippen LogP contribution in [-0.4, -0.2) is 35.7 Å². The number of halogens is 4. The molecule has 1 atom stereocenters. The van der Waals surface area contributed by atoms with Crippen molar-refractivity contribution in [2.75, 3.05) is 25.0 Å². The molecular weight excluding hydrogens is 303 g/mol. The molecule has 118 valence electrons. The SMILES string of the molecule is CCNc1ccc(Cl)c(CN2CCCC(C(F)(F)F)C2)n1. The van der Waals surface area contributed by atoms with E-state index in [9.17, 15) is 13.2 Å². The van der Waals surface area contributed by atoms with E-state index in [0.29, 0.717) is 36.0 Å². The van der Waals surface area contributed by atoms with Crippen molar-refractivity contribution in [3.63, 3.8) is 0 Å². The highest BCUT2D eigenvalue weighted by molar-refractivity contribution is 6.31. The standard InChI is InChI=1S/C14H19ClF3N3/c1-2-19-13-6-5-11(15)12(20-13)9-21-7-3-4-10(8-21)14(16,17)18/h5-6,10H,2-4,7-9H2,1H3,(H,19,20). The van der Waals surface area contributed by atoms with Gasteiger partial charge in [-0.1, -0.05) is 11.6 Å². The molecule has 7 heteroatoms. The maximum atomic E-state index is 12.8. The van der Waals surface area contributed by atoms with Crippen molar-refractivity contribution in [3.8, 4) is 0 Å². The average molecular weight is 322 g/mol. The summed E-state index contributed by atoms with van der Waals surface area (Å²) in [6, 6.07) is 3.50. The Bertz CT molecular complexity index is 479. The van der Waals surface area contributed by atoms with E-state index in [4.69, 9.17) is 11.6 Å². The Balaban J connectivity index is 2.05. The third-order valence-electron chi connectivity index (χ3n) is 3.62. The largest absolute Gasteiger partial charge is 0.393 e. The monoisotopic (exact) mass is 321 g/mol. The van der Waals surface area contributed by atoms with Crippen LogP contribution in [0.25, 0.3) is 0 Å². The lowest BCUT2D eigenvalue weighted by atomic mass is 9.97. The second-order valence-corrected chi connectivity index (χ2v) is 5.68. The van der Waals surface area contributed by atoms with Crippen molar-refractivity contribution in [1.29, 1.82) is 0 Å². The summed E-state index contributed by atoms with van der Waals surface area (Å²) in [6.45, 7) is 3.70. The summed E-state index contributed by atoms with van der Waals surface area (Å²) in [5.74, 6) is -0.553. The van der Waals surface area contributed by atoms with E-state index in [-0.39, 0.29) is 13.0 Å². The molecule has 0 bridgehead atoms. The molecule has 1 aromatic rings. The lowest BCUT2D eigenvalue weighted by Gasteiger charge is -2.33. The zero-order valence-electron chi connectivity index (χ0n) is 11.9. The van der Waals surface area contributed by atoms with Gasteiger partial charge in [-0.3, -0.25) is 4.90 Å². The minimum Gasteiger partial charge on any atom is -0.370 e. The van der Waals surface area contributed by atoms with E-state index >= 15 is 0 Å². The van der Waals surface area contributed by atoms with E-state index in [1.807, 2.05) is 6.92 Å². The summed E-state index contributed by atoms with van der Waals surface area (Å²) < 4.78 is 38.5. The molecule has 1 aliphatic heterocycles. The summed E-state index contributed by atoms with van der Waals surface area (Å²) in [4.78, 5) is 6.16. The minimum atomic E-state index is -4.12. The Hall–Kier alpha value is -1.01. The Kier molecular flexibility index (Phi) is 5.32. The molecule has 1 aliphatic rings. The molecule has 21 heavy (non-hydrogen) atoms. The maximum Gasteiger partial charge on any atom is 0.393 e.